The summed E-state index contributed by atoms with van der Waals surface area (Å²) in [5.74, 6) is 3.21. The summed E-state index contributed by atoms with van der Waals surface area (Å²) in [6, 6.07) is 7.16. The van der Waals surface area contributed by atoms with Crippen LogP contribution in [-0.2, 0) is 0 Å². The minimum atomic E-state index is 0.109. The molecule has 0 atom stereocenters. The second-order valence-electron chi connectivity index (χ2n) is 4.37. The Hall–Kier alpha value is -1.95. The summed E-state index contributed by atoms with van der Waals surface area (Å²) in [5.41, 5.74) is 0.713. The van der Waals surface area contributed by atoms with Crippen LogP contribution in [0.1, 0.15) is 29.6 Å². The van der Waals surface area contributed by atoms with Crippen LogP contribution < -0.4 is 4.74 Å². The van der Waals surface area contributed by atoms with Gasteiger partial charge in [-0.05, 0) is 43.5 Å². The van der Waals surface area contributed by atoms with Gasteiger partial charge in [-0.3, -0.25) is 4.79 Å². The molecule has 0 radical (unpaired) electrons. The lowest BCUT2D eigenvalue weighted by atomic mass is 10.1. The Morgan fingerprint density at radius 1 is 1.22 bits per heavy atom. The van der Waals surface area contributed by atoms with Gasteiger partial charge < -0.3 is 9.64 Å². The smallest absolute Gasteiger partial charge is 0.253 e. The van der Waals surface area contributed by atoms with Crippen LogP contribution in [0.3, 0.4) is 0 Å². The molecule has 18 heavy (non-hydrogen) atoms. The maximum absolute atomic E-state index is 12.2. The summed E-state index contributed by atoms with van der Waals surface area (Å²) >= 11 is 0. The number of carbonyl (C=O) groups excluding carboxylic acids is 1. The first-order valence-electron chi connectivity index (χ1n) is 6.27. The molecule has 1 heterocycles. The van der Waals surface area contributed by atoms with Crippen molar-refractivity contribution in [2.45, 2.75) is 19.3 Å². The number of carbonyl (C=O) groups is 1. The maximum atomic E-state index is 12.2. The summed E-state index contributed by atoms with van der Waals surface area (Å²) in [7, 11) is 0. The molecule has 1 aliphatic rings. The molecular formula is C15H17NO2. The van der Waals surface area contributed by atoms with E-state index in [0.29, 0.717) is 11.3 Å². The average molecular weight is 243 g/mol. The van der Waals surface area contributed by atoms with Gasteiger partial charge >= 0.3 is 0 Å². The van der Waals surface area contributed by atoms with E-state index in [9.17, 15) is 4.79 Å². The molecule has 3 heteroatoms. The maximum Gasteiger partial charge on any atom is 0.253 e. The quantitative estimate of drug-likeness (QED) is 0.762. The lowest BCUT2D eigenvalue weighted by Gasteiger charge is -2.26. The molecule has 1 saturated heterocycles. The predicted molar refractivity (Wildman–Crippen MR) is 70.5 cm³/mol. The molecule has 1 aromatic rings. The molecule has 0 aromatic heterocycles. The van der Waals surface area contributed by atoms with Crippen LogP contribution in [0.15, 0.2) is 24.3 Å². The van der Waals surface area contributed by atoms with Gasteiger partial charge in [0.25, 0.3) is 5.91 Å². The van der Waals surface area contributed by atoms with E-state index in [2.05, 4.69) is 5.92 Å². The van der Waals surface area contributed by atoms with Crippen LogP contribution in [0.4, 0.5) is 0 Å². The van der Waals surface area contributed by atoms with Gasteiger partial charge in [-0.15, -0.1) is 6.42 Å². The number of hydrogen-bond donors (Lipinski definition) is 0. The highest BCUT2D eigenvalue weighted by Gasteiger charge is 2.17. The van der Waals surface area contributed by atoms with Crippen molar-refractivity contribution in [3.05, 3.63) is 29.8 Å². The van der Waals surface area contributed by atoms with Gasteiger partial charge in [0.05, 0.1) is 0 Å². The molecule has 1 aromatic carbocycles. The monoisotopic (exact) mass is 243 g/mol. The highest BCUT2D eigenvalue weighted by atomic mass is 16.5. The van der Waals surface area contributed by atoms with E-state index in [1.807, 2.05) is 4.90 Å². The Bertz CT molecular complexity index is 439. The first-order valence-corrected chi connectivity index (χ1v) is 6.27. The molecule has 0 saturated carbocycles. The minimum Gasteiger partial charge on any atom is -0.481 e. The van der Waals surface area contributed by atoms with Crippen LogP contribution in [0.5, 0.6) is 5.75 Å². The van der Waals surface area contributed by atoms with Crippen molar-refractivity contribution in [3.63, 3.8) is 0 Å². The second-order valence-corrected chi connectivity index (χ2v) is 4.37. The number of rotatable bonds is 3. The summed E-state index contributed by atoms with van der Waals surface area (Å²) in [6.45, 7) is 1.99. The summed E-state index contributed by atoms with van der Waals surface area (Å²) < 4.78 is 5.27. The van der Waals surface area contributed by atoms with Crippen LogP contribution in [-0.4, -0.2) is 30.5 Å². The summed E-state index contributed by atoms with van der Waals surface area (Å²) in [6.07, 6.45) is 8.55. The lowest BCUT2D eigenvalue weighted by molar-refractivity contribution is 0.0724. The molecular weight excluding hydrogens is 226 g/mol. The van der Waals surface area contributed by atoms with Crippen molar-refractivity contribution >= 4 is 5.91 Å². The standard InChI is InChI=1S/C15H17NO2/c1-2-12-18-14-8-6-13(7-9-14)15(17)16-10-4-3-5-11-16/h1,6-9H,3-5,10-12H2. The molecule has 0 bridgehead atoms. The molecule has 0 spiro atoms. The van der Waals surface area contributed by atoms with Crippen molar-refractivity contribution in [1.82, 2.24) is 4.90 Å². The molecule has 0 unspecified atom stereocenters. The van der Waals surface area contributed by atoms with Gasteiger partial charge in [-0.2, -0.15) is 0 Å². The zero-order valence-electron chi connectivity index (χ0n) is 10.4. The van der Waals surface area contributed by atoms with Crippen LogP contribution in [0.25, 0.3) is 0 Å². The number of benzene rings is 1. The lowest BCUT2D eigenvalue weighted by Crippen LogP contribution is -2.35. The van der Waals surface area contributed by atoms with Gasteiger partial charge in [0, 0.05) is 18.7 Å². The van der Waals surface area contributed by atoms with Gasteiger partial charge in [0.15, 0.2) is 0 Å². The number of terminal acetylenes is 1. The highest BCUT2D eigenvalue weighted by Crippen LogP contribution is 2.16. The van der Waals surface area contributed by atoms with E-state index in [4.69, 9.17) is 11.2 Å². The third-order valence-electron chi connectivity index (χ3n) is 3.07. The number of hydrogen-bond acceptors (Lipinski definition) is 2. The zero-order valence-corrected chi connectivity index (χ0v) is 10.4. The van der Waals surface area contributed by atoms with Crippen LogP contribution in [0, 0.1) is 12.3 Å². The van der Waals surface area contributed by atoms with Crippen molar-refractivity contribution in [2.75, 3.05) is 19.7 Å². The number of likely N-dealkylation sites (tertiary alicyclic amines) is 1. The average Bonchev–Trinajstić information content (AvgIpc) is 2.46. The second kappa shape index (κ2) is 6.11. The Morgan fingerprint density at radius 2 is 1.89 bits per heavy atom. The number of piperidine rings is 1. The molecule has 1 amide bonds. The van der Waals surface area contributed by atoms with E-state index < -0.39 is 0 Å². The van der Waals surface area contributed by atoms with Gasteiger partial charge in [-0.25, -0.2) is 0 Å². The van der Waals surface area contributed by atoms with Crippen LogP contribution in [0.2, 0.25) is 0 Å². The summed E-state index contributed by atoms with van der Waals surface area (Å²) in [5, 5.41) is 0. The first kappa shape index (κ1) is 12.5. The Balaban J connectivity index is 2.00. The Morgan fingerprint density at radius 3 is 2.50 bits per heavy atom. The highest BCUT2D eigenvalue weighted by molar-refractivity contribution is 5.94. The Kier molecular flexibility index (Phi) is 4.25. The fourth-order valence-corrected chi connectivity index (χ4v) is 2.10. The fourth-order valence-electron chi connectivity index (χ4n) is 2.10. The van der Waals surface area contributed by atoms with E-state index >= 15 is 0 Å². The van der Waals surface area contributed by atoms with Gasteiger partial charge in [0.2, 0.25) is 0 Å². The minimum absolute atomic E-state index is 0.109. The molecule has 0 N–H and O–H groups in total. The van der Waals surface area contributed by atoms with E-state index in [-0.39, 0.29) is 12.5 Å². The van der Waals surface area contributed by atoms with Crippen molar-refractivity contribution in [1.29, 1.82) is 0 Å². The van der Waals surface area contributed by atoms with E-state index in [1.54, 1.807) is 24.3 Å². The van der Waals surface area contributed by atoms with Crippen molar-refractivity contribution in [2.24, 2.45) is 0 Å². The number of nitrogens with zero attached hydrogens (tertiary/aromatic N) is 1. The van der Waals surface area contributed by atoms with Crippen LogP contribution >= 0.6 is 0 Å². The molecule has 0 aliphatic carbocycles. The van der Waals surface area contributed by atoms with E-state index in [1.165, 1.54) is 6.42 Å². The predicted octanol–water partition coefficient (Wildman–Crippen LogP) is 2.32. The molecule has 3 nitrogen and oxygen atoms in total. The molecule has 2 rings (SSSR count). The zero-order chi connectivity index (χ0) is 12.8. The first-order chi connectivity index (χ1) is 8.81. The topological polar surface area (TPSA) is 29.5 Å². The third kappa shape index (κ3) is 3.04. The van der Waals surface area contributed by atoms with E-state index in [0.717, 1.165) is 25.9 Å². The largest absolute Gasteiger partial charge is 0.481 e. The molecule has 94 valence electrons. The summed E-state index contributed by atoms with van der Waals surface area (Å²) in [4.78, 5) is 14.1. The third-order valence-corrected chi connectivity index (χ3v) is 3.07. The fraction of sp³-hybridized carbons (Fsp3) is 0.400. The Labute approximate surface area is 108 Å². The van der Waals surface area contributed by atoms with Gasteiger partial charge in [0.1, 0.15) is 12.4 Å². The van der Waals surface area contributed by atoms with Crippen molar-refractivity contribution in [3.8, 4) is 18.1 Å². The number of amides is 1. The molecule has 1 fully saturated rings. The normalized spacial score (nSPS) is 14.9. The molecule has 1 aliphatic heterocycles. The van der Waals surface area contributed by atoms with Crippen molar-refractivity contribution < 1.29 is 9.53 Å². The van der Waals surface area contributed by atoms with Gasteiger partial charge in [-0.1, -0.05) is 5.92 Å². The number of ether oxygens (including phenoxy) is 1. The SMILES string of the molecule is C#CCOc1ccc(C(=O)N2CCCCC2)cc1.